The molecule has 0 aromatic heterocycles. The second-order valence-corrected chi connectivity index (χ2v) is 4.41. The predicted octanol–water partition coefficient (Wildman–Crippen LogP) is 1.31. The Hall–Kier alpha value is -2.04. The first kappa shape index (κ1) is 15.0. The van der Waals surface area contributed by atoms with Gasteiger partial charge in [0, 0.05) is 6.04 Å². The maximum Gasteiger partial charge on any atom is 0.309 e. The number of carbonyl (C=O) groups excluding carboxylic acids is 2. The van der Waals surface area contributed by atoms with Gasteiger partial charge in [-0.25, -0.2) is 0 Å². The third kappa shape index (κ3) is 5.90. The van der Waals surface area contributed by atoms with Crippen molar-refractivity contribution in [3.05, 3.63) is 29.8 Å². The van der Waals surface area contributed by atoms with Crippen LogP contribution in [-0.2, 0) is 20.7 Å². The van der Waals surface area contributed by atoms with E-state index in [1.807, 2.05) is 13.8 Å². The van der Waals surface area contributed by atoms with Crippen LogP contribution in [0.4, 0.5) is 0 Å². The molecule has 0 aliphatic heterocycles. The van der Waals surface area contributed by atoms with Crippen molar-refractivity contribution >= 4 is 11.9 Å². The third-order valence-corrected chi connectivity index (χ3v) is 2.32. The molecule has 0 aliphatic carbocycles. The lowest BCUT2D eigenvalue weighted by Gasteiger charge is -2.10. The summed E-state index contributed by atoms with van der Waals surface area (Å²) in [6.07, 6.45) is 0.227. The van der Waals surface area contributed by atoms with E-state index in [1.165, 1.54) is 7.11 Å². The fraction of sp³-hybridized carbons (Fsp3) is 0.429. The molecule has 0 unspecified atom stereocenters. The normalized spacial score (nSPS) is 10.1. The first-order chi connectivity index (χ1) is 9.01. The van der Waals surface area contributed by atoms with E-state index in [0.717, 1.165) is 5.56 Å². The molecule has 0 aliphatic rings. The maximum atomic E-state index is 11.4. The third-order valence-electron chi connectivity index (χ3n) is 2.32. The van der Waals surface area contributed by atoms with Crippen molar-refractivity contribution in [1.82, 2.24) is 5.32 Å². The summed E-state index contributed by atoms with van der Waals surface area (Å²) in [5.41, 5.74) is 0.839. The van der Waals surface area contributed by atoms with Crippen LogP contribution in [-0.4, -0.2) is 31.6 Å². The van der Waals surface area contributed by atoms with Gasteiger partial charge in [-0.2, -0.15) is 0 Å². The number of carbonyl (C=O) groups is 2. The van der Waals surface area contributed by atoms with Crippen molar-refractivity contribution in [3.8, 4) is 5.75 Å². The van der Waals surface area contributed by atoms with Gasteiger partial charge >= 0.3 is 5.97 Å². The second-order valence-electron chi connectivity index (χ2n) is 4.41. The number of hydrogen-bond acceptors (Lipinski definition) is 4. The molecule has 0 atom stereocenters. The number of hydrogen-bond donors (Lipinski definition) is 1. The Morgan fingerprint density at radius 1 is 1.21 bits per heavy atom. The molecule has 0 bridgehead atoms. The summed E-state index contributed by atoms with van der Waals surface area (Å²) in [4.78, 5) is 22.5. The number of methoxy groups -OCH3 is 1. The lowest BCUT2D eigenvalue weighted by Crippen LogP contribution is -2.34. The topological polar surface area (TPSA) is 64.6 Å². The van der Waals surface area contributed by atoms with E-state index in [4.69, 9.17) is 4.74 Å². The molecule has 5 nitrogen and oxygen atoms in total. The van der Waals surface area contributed by atoms with Gasteiger partial charge in [0.25, 0.3) is 5.91 Å². The standard InChI is InChI=1S/C14H19NO4/c1-10(2)15-13(16)9-19-12-6-4-11(5-7-12)8-14(17)18-3/h4-7,10H,8-9H2,1-3H3,(H,15,16). The summed E-state index contributed by atoms with van der Waals surface area (Å²) in [7, 11) is 1.35. The Bertz CT molecular complexity index is 426. The van der Waals surface area contributed by atoms with E-state index in [9.17, 15) is 9.59 Å². The molecule has 0 fully saturated rings. The summed E-state index contributed by atoms with van der Waals surface area (Å²) >= 11 is 0. The molecule has 0 saturated heterocycles. The zero-order valence-corrected chi connectivity index (χ0v) is 11.4. The molecule has 0 saturated carbocycles. The van der Waals surface area contributed by atoms with Crippen LogP contribution in [0.25, 0.3) is 0 Å². The molecule has 5 heteroatoms. The van der Waals surface area contributed by atoms with Crippen molar-refractivity contribution in [1.29, 1.82) is 0 Å². The van der Waals surface area contributed by atoms with Gasteiger partial charge in [-0.3, -0.25) is 9.59 Å². The van der Waals surface area contributed by atoms with Gasteiger partial charge in [-0.15, -0.1) is 0 Å². The SMILES string of the molecule is COC(=O)Cc1ccc(OCC(=O)NC(C)C)cc1. The monoisotopic (exact) mass is 265 g/mol. The van der Waals surface area contributed by atoms with Gasteiger partial charge in [-0.1, -0.05) is 12.1 Å². The minimum Gasteiger partial charge on any atom is -0.484 e. The second kappa shape index (κ2) is 7.41. The van der Waals surface area contributed by atoms with Crippen molar-refractivity contribution < 1.29 is 19.1 Å². The zero-order chi connectivity index (χ0) is 14.3. The van der Waals surface area contributed by atoms with Crippen LogP contribution in [0.5, 0.6) is 5.75 Å². The van der Waals surface area contributed by atoms with E-state index < -0.39 is 0 Å². The molecule has 19 heavy (non-hydrogen) atoms. The van der Waals surface area contributed by atoms with E-state index in [-0.39, 0.29) is 30.9 Å². The van der Waals surface area contributed by atoms with Gasteiger partial charge in [0.05, 0.1) is 13.5 Å². The highest BCUT2D eigenvalue weighted by Gasteiger charge is 2.05. The van der Waals surface area contributed by atoms with Crippen LogP contribution in [0.1, 0.15) is 19.4 Å². The minimum atomic E-state index is -0.287. The number of esters is 1. The zero-order valence-electron chi connectivity index (χ0n) is 11.4. The first-order valence-electron chi connectivity index (χ1n) is 6.09. The molecule has 0 radical (unpaired) electrons. The van der Waals surface area contributed by atoms with E-state index in [2.05, 4.69) is 10.1 Å². The van der Waals surface area contributed by atoms with E-state index in [1.54, 1.807) is 24.3 Å². The first-order valence-corrected chi connectivity index (χ1v) is 6.09. The van der Waals surface area contributed by atoms with Crippen molar-refractivity contribution in [2.45, 2.75) is 26.3 Å². The Morgan fingerprint density at radius 2 is 1.84 bits per heavy atom. The Balaban J connectivity index is 2.44. The van der Waals surface area contributed by atoms with Crippen molar-refractivity contribution in [2.75, 3.05) is 13.7 Å². The van der Waals surface area contributed by atoms with Crippen LogP contribution in [0.2, 0.25) is 0 Å². The van der Waals surface area contributed by atoms with Gasteiger partial charge in [0.15, 0.2) is 6.61 Å². The quantitative estimate of drug-likeness (QED) is 0.788. The van der Waals surface area contributed by atoms with Crippen LogP contribution >= 0.6 is 0 Å². The highest BCUT2D eigenvalue weighted by atomic mass is 16.5. The number of amides is 1. The molecule has 0 spiro atoms. The number of nitrogens with one attached hydrogen (secondary N) is 1. The fourth-order valence-corrected chi connectivity index (χ4v) is 1.45. The van der Waals surface area contributed by atoms with Gasteiger partial charge in [-0.05, 0) is 31.5 Å². The van der Waals surface area contributed by atoms with Crippen LogP contribution in [0.15, 0.2) is 24.3 Å². The Kier molecular flexibility index (Phi) is 5.85. The molecule has 104 valence electrons. The predicted molar refractivity (Wildman–Crippen MR) is 70.9 cm³/mol. The average Bonchev–Trinajstić information content (AvgIpc) is 2.37. The minimum absolute atomic E-state index is 0.0193. The number of ether oxygens (including phenoxy) is 2. The molecule has 0 heterocycles. The molecule has 1 amide bonds. The molecule has 1 N–H and O–H groups in total. The molecular weight excluding hydrogens is 246 g/mol. The lowest BCUT2D eigenvalue weighted by molar-refractivity contribution is -0.139. The summed E-state index contributed by atoms with van der Waals surface area (Å²) in [6.45, 7) is 3.76. The summed E-state index contributed by atoms with van der Waals surface area (Å²) in [5.74, 6) is 0.145. The van der Waals surface area contributed by atoms with Crippen LogP contribution < -0.4 is 10.1 Å². The lowest BCUT2D eigenvalue weighted by atomic mass is 10.1. The van der Waals surface area contributed by atoms with Crippen molar-refractivity contribution in [3.63, 3.8) is 0 Å². The maximum absolute atomic E-state index is 11.4. The Labute approximate surface area is 112 Å². The van der Waals surface area contributed by atoms with Gasteiger partial charge in [0.1, 0.15) is 5.75 Å². The van der Waals surface area contributed by atoms with E-state index in [0.29, 0.717) is 5.75 Å². The molecular formula is C14H19NO4. The van der Waals surface area contributed by atoms with Gasteiger partial charge < -0.3 is 14.8 Å². The fourth-order valence-electron chi connectivity index (χ4n) is 1.45. The average molecular weight is 265 g/mol. The molecule has 1 aromatic rings. The van der Waals surface area contributed by atoms with Crippen LogP contribution in [0, 0.1) is 0 Å². The largest absolute Gasteiger partial charge is 0.484 e. The highest BCUT2D eigenvalue weighted by molar-refractivity contribution is 5.77. The molecule has 1 aromatic carbocycles. The molecule has 1 rings (SSSR count). The van der Waals surface area contributed by atoms with E-state index >= 15 is 0 Å². The van der Waals surface area contributed by atoms with Crippen LogP contribution in [0.3, 0.4) is 0 Å². The number of rotatable bonds is 6. The summed E-state index contributed by atoms with van der Waals surface area (Å²) in [6, 6.07) is 7.08. The Morgan fingerprint density at radius 3 is 2.37 bits per heavy atom. The smallest absolute Gasteiger partial charge is 0.309 e. The summed E-state index contributed by atoms with van der Waals surface area (Å²) in [5, 5.41) is 2.73. The number of benzene rings is 1. The van der Waals surface area contributed by atoms with Crippen molar-refractivity contribution in [2.24, 2.45) is 0 Å². The van der Waals surface area contributed by atoms with Gasteiger partial charge in [0.2, 0.25) is 0 Å². The summed E-state index contributed by atoms with van der Waals surface area (Å²) < 4.78 is 9.90. The highest BCUT2D eigenvalue weighted by Crippen LogP contribution is 2.12.